The number of fused-ring (bicyclic) bond motifs is 1. The molecule has 0 radical (unpaired) electrons. The lowest BCUT2D eigenvalue weighted by Crippen LogP contribution is -2.51. The summed E-state index contributed by atoms with van der Waals surface area (Å²) >= 11 is 0. The number of amides is 1. The predicted octanol–water partition coefficient (Wildman–Crippen LogP) is 3.93. The highest BCUT2D eigenvalue weighted by Crippen LogP contribution is 2.31. The van der Waals surface area contributed by atoms with Gasteiger partial charge in [-0.05, 0) is 48.9 Å². The van der Waals surface area contributed by atoms with Gasteiger partial charge in [-0.1, -0.05) is 19.9 Å². The molecule has 1 unspecified atom stereocenters. The summed E-state index contributed by atoms with van der Waals surface area (Å²) < 4.78 is 23.5. The van der Waals surface area contributed by atoms with Crippen molar-refractivity contribution in [2.75, 3.05) is 57.4 Å². The van der Waals surface area contributed by atoms with Crippen molar-refractivity contribution in [2.45, 2.75) is 52.3 Å². The lowest BCUT2D eigenvalue weighted by molar-refractivity contribution is -0.151. The van der Waals surface area contributed by atoms with Gasteiger partial charge < -0.3 is 28.4 Å². The molecule has 0 aliphatic carbocycles. The Morgan fingerprint density at radius 1 is 1.00 bits per heavy atom. The molecule has 5 rings (SSSR count). The normalized spacial score (nSPS) is 20.5. The highest BCUT2D eigenvalue weighted by molar-refractivity contribution is 5.81. The Hall–Kier alpha value is -2.71. The molecule has 8 heteroatoms. The van der Waals surface area contributed by atoms with Gasteiger partial charge >= 0.3 is 0 Å². The first kappa shape index (κ1) is 25.0. The van der Waals surface area contributed by atoms with E-state index in [0.717, 1.165) is 48.3 Å². The zero-order chi connectivity index (χ0) is 24.9. The van der Waals surface area contributed by atoms with Crippen molar-refractivity contribution in [3.63, 3.8) is 0 Å². The molecule has 2 saturated heterocycles. The summed E-state index contributed by atoms with van der Waals surface area (Å²) in [7, 11) is 0. The molecule has 196 valence electrons. The van der Waals surface area contributed by atoms with Crippen LogP contribution in [0.5, 0.6) is 11.5 Å². The number of hydrogen-bond donors (Lipinski definition) is 0. The van der Waals surface area contributed by atoms with Crippen LogP contribution in [0.3, 0.4) is 0 Å². The van der Waals surface area contributed by atoms with Crippen molar-refractivity contribution in [3.05, 3.63) is 41.7 Å². The molecule has 1 aromatic heterocycles. The third-order valence-corrected chi connectivity index (χ3v) is 7.00. The first-order valence-electron chi connectivity index (χ1n) is 13.4. The van der Waals surface area contributed by atoms with Crippen LogP contribution >= 0.6 is 0 Å². The largest absolute Gasteiger partial charge is 0.486 e. The van der Waals surface area contributed by atoms with E-state index in [-0.39, 0.29) is 5.91 Å². The molecule has 0 N–H and O–H groups in total. The molecule has 2 fully saturated rings. The second-order valence-electron chi connectivity index (χ2n) is 10.5. The van der Waals surface area contributed by atoms with Gasteiger partial charge in [0.2, 0.25) is 0 Å². The van der Waals surface area contributed by atoms with Crippen LogP contribution < -0.4 is 14.4 Å². The fourth-order valence-electron chi connectivity index (χ4n) is 5.24. The van der Waals surface area contributed by atoms with E-state index in [1.807, 2.05) is 23.1 Å². The molecular weight excluding hydrogens is 458 g/mol. The van der Waals surface area contributed by atoms with Gasteiger partial charge in [0.05, 0.1) is 13.2 Å². The van der Waals surface area contributed by atoms with Gasteiger partial charge in [0.15, 0.2) is 17.4 Å². The third kappa shape index (κ3) is 6.16. The quantitative estimate of drug-likeness (QED) is 0.548. The molecule has 0 spiro atoms. The Morgan fingerprint density at radius 2 is 1.81 bits per heavy atom. The van der Waals surface area contributed by atoms with E-state index >= 15 is 0 Å². The molecule has 2 aromatic rings. The van der Waals surface area contributed by atoms with Gasteiger partial charge in [-0.2, -0.15) is 0 Å². The Kier molecular flexibility index (Phi) is 8.02. The van der Waals surface area contributed by atoms with Crippen molar-refractivity contribution >= 4 is 11.8 Å². The Morgan fingerprint density at radius 3 is 2.61 bits per heavy atom. The van der Waals surface area contributed by atoms with E-state index in [1.165, 1.54) is 19.3 Å². The molecule has 3 aliphatic heterocycles. The lowest BCUT2D eigenvalue weighted by atomic mass is 10.1. The average molecular weight is 498 g/mol. The van der Waals surface area contributed by atoms with Crippen molar-refractivity contribution < 1.29 is 23.4 Å². The zero-order valence-electron chi connectivity index (χ0n) is 21.6. The van der Waals surface area contributed by atoms with Crippen molar-refractivity contribution in [3.8, 4) is 11.5 Å². The smallest absolute Gasteiger partial charge is 0.253 e. The Bertz CT molecular complexity index is 1020. The van der Waals surface area contributed by atoms with Gasteiger partial charge in [-0.25, -0.2) is 0 Å². The van der Waals surface area contributed by atoms with E-state index in [4.69, 9.17) is 18.6 Å². The fourth-order valence-corrected chi connectivity index (χ4v) is 5.24. The molecular formula is C28H39N3O5. The maximum absolute atomic E-state index is 13.6. The van der Waals surface area contributed by atoms with Gasteiger partial charge in [0.1, 0.15) is 25.1 Å². The van der Waals surface area contributed by atoms with Crippen molar-refractivity contribution in [1.82, 2.24) is 9.80 Å². The van der Waals surface area contributed by atoms with Crippen LogP contribution in [0, 0.1) is 5.92 Å². The molecule has 1 atom stereocenters. The summed E-state index contributed by atoms with van der Waals surface area (Å²) in [4.78, 5) is 20.1. The number of nitrogens with zero attached hydrogens (tertiary/aromatic N) is 3. The maximum atomic E-state index is 13.6. The zero-order valence-corrected chi connectivity index (χ0v) is 21.6. The first-order chi connectivity index (χ1) is 17.5. The Labute approximate surface area is 214 Å². The predicted molar refractivity (Wildman–Crippen MR) is 137 cm³/mol. The molecule has 0 bridgehead atoms. The van der Waals surface area contributed by atoms with Crippen LogP contribution in [-0.4, -0.2) is 74.4 Å². The van der Waals surface area contributed by atoms with E-state index < -0.39 is 6.10 Å². The highest BCUT2D eigenvalue weighted by Gasteiger charge is 2.31. The second-order valence-corrected chi connectivity index (χ2v) is 10.5. The third-order valence-electron chi connectivity index (χ3n) is 7.00. The number of anilines is 1. The van der Waals surface area contributed by atoms with Gasteiger partial charge in [0.25, 0.3) is 5.91 Å². The lowest BCUT2D eigenvalue weighted by Gasteiger charge is -2.35. The first-order valence-corrected chi connectivity index (χ1v) is 13.4. The number of carbonyl (C=O) groups excluding carboxylic acids is 1. The summed E-state index contributed by atoms with van der Waals surface area (Å²) in [5.74, 6) is 3.81. The Balaban J connectivity index is 1.21. The van der Waals surface area contributed by atoms with E-state index in [9.17, 15) is 4.79 Å². The van der Waals surface area contributed by atoms with Crippen molar-refractivity contribution in [1.29, 1.82) is 0 Å². The number of rotatable bonds is 8. The summed E-state index contributed by atoms with van der Waals surface area (Å²) in [5, 5.41) is 0. The van der Waals surface area contributed by atoms with E-state index in [0.29, 0.717) is 51.9 Å². The number of furan rings is 1. The number of carbonyl (C=O) groups is 1. The van der Waals surface area contributed by atoms with Gasteiger partial charge in [-0.15, -0.1) is 0 Å². The minimum Gasteiger partial charge on any atom is -0.486 e. The number of hydrogen-bond acceptors (Lipinski definition) is 7. The fraction of sp³-hybridized carbons (Fsp3) is 0.607. The summed E-state index contributed by atoms with van der Waals surface area (Å²) in [6.45, 7) is 11.3. The van der Waals surface area contributed by atoms with Crippen LogP contribution in [0.1, 0.15) is 44.4 Å². The standard InChI is InChI=1S/C28H39N3O5/c1-21(2)17-31(18-22-6-8-24-25(16-22)35-15-14-34-24)28(32)26-20-29(12-13-33-26)19-23-7-9-27(36-23)30-10-4-3-5-11-30/h6-9,16,21,26H,3-5,10-15,17-20H2,1-2H3. The van der Waals surface area contributed by atoms with Crippen LogP contribution in [0.2, 0.25) is 0 Å². The summed E-state index contributed by atoms with van der Waals surface area (Å²) in [6, 6.07) is 10.1. The summed E-state index contributed by atoms with van der Waals surface area (Å²) in [5.41, 5.74) is 1.03. The molecule has 1 aromatic carbocycles. The molecule has 1 amide bonds. The van der Waals surface area contributed by atoms with E-state index in [2.05, 4.69) is 35.8 Å². The van der Waals surface area contributed by atoms with Gasteiger partial charge in [-0.3, -0.25) is 9.69 Å². The molecule has 0 saturated carbocycles. The second kappa shape index (κ2) is 11.6. The topological polar surface area (TPSA) is 67.6 Å². The number of morpholine rings is 1. The number of piperidine rings is 1. The minimum atomic E-state index is -0.480. The molecule has 8 nitrogen and oxygen atoms in total. The molecule has 36 heavy (non-hydrogen) atoms. The number of ether oxygens (including phenoxy) is 3. The average Bonchev–Trinajstić information content (AvgIpc) is 3.37. The van der Waals surface area contributed by atoms with Crippen LogP contribution in [0.25, 0.3) is 0 Å². The maximum Gasteiger partial charge on any atom is 0.253 e. The van der Waals surface area contributed by atoms with Crippen molar-refractivity contribution in [2.24, 2.45) is 5.92 Å². The van der Waals surface area contributed by atoms with E-state index in [1.54, 1.807) is 0 Å². The highest BCUT2D eigenvalue weighted by atomic mass is 16.6. The minimum absolute atomic E-state index is 0.0386. The van der Waals surface area contributed by atoms with Gasteiger partial charge in [0, 0.05) is 45.3 Å². The number of benzene rings is 1. The SMILES string of the molecule is CC(C)CN(Cc1ccc2c(c1)OCCO2)C(=O)C1CN(Cc2ccc(N3CCCCC3)o2)CCO1. The monoisotopic (exact) mass is 497 g/mol. The van der Waals surface area contributed by atoms with Crippen LogP contribution in [0.15, 0.2) is 34.7 Å². The van der Waals surface area contributed by atoms with Crippen LogP contribution in [0.4, 0.5) is 5.88 Å². The molecule has 3 aliphatic rings. The summed E-state index contributed by atoms with van der Waals surface area (Å²) in [6.07, 6.45) is 3.27. The van der Waals surface area contributed by atoms with Crippen LogP contribution in [-0.2, 0) is 22.6 Å². The molecule has 4 heterocycles.